The molecule has 1 aromatic carbocycles. The predicted octanol–water partition coefficient (Wildman–Crippen LogP) is 0.908. The largest absolute Gasteiger partial charge is 0.465 e. The third kappa shape index (κ3) is 3.72. The first kappa shape index (κ1) is 15.3. The summed E-state index contributed by atoms with van der Waals surface area (Å²) in [7, 11) is 0. The van der Waals surface area contributed by atoms with E-state index in [2.05, 4.69) is 5.32 Å². The van der Waals surface area contributed by atoms with Crippen molar-refractivity contribution in [3.05, 3.63) is 28.8 Å². The zero-order chi connectivity index (χ0) is 15.4. The number of anilines is 1. The van der Waals surface area contributed by atoms with Gasteiger partial charge in [0.25, 0.3) is 0 Å². The molecule has 2 rings (SSSR count). The maximum atomic E-state index is 11.9. The van der Waals surface area contributed by atoms with Gasteiger partial charge in [-0.05, 0) is 30.7 Å². The average molecular weight is 311 g/mol. The topological polar surface area (TPSA) is 75.7 Å². The molecule has 0 aromatic heterocycles. The smallest absolute Gasteiger partial charge is 0.325 e. The van der Waals surface area contributed by atoms with Gasteiger partial charge in [0.15, 0.2) is 0 Å². The van der Waals surface area contributed by atoms with Crippen LogP contribution in [0.25, 0.3) is 0 Å². The molecular formula is C14H15ClN2O4. The zero-order valence-corrected chi connectivity index (χ0v) is 12.3. The minimum Gasteiger partial charge on any atom is -0.465 e. The number of esters is 1. The SMILES string of the molecule is CCOC(=O)CNC(=O)CN1C(=O)Cc2cc(Cl)ccc21. The normalized spacial score (nSPS) is 13.0. The number of amides is 2. The minimum absolute atomic E-state index is 0.132. The minimum atomic E-state index is -0.509. The Balaban J connectivity index is 1.96. The number of ether oxygens (including phenoxy) is 1. The van der Waals surface area contributed by atoms with Crippen molar-refractivity contribution in [3.63, 3.8) is 0 Å². The molecule has 0 saturated carbocycles. The summed E-state index contributed by atoms with van der Waals surface area (Å²) in [4.78, 5) is 36.3. The first-order valence-electron chi connectivity index (χ1n) is 6.52. The fourth-order valence-electron chi connectivity index (χ4n) is 2.11. The van der Waals surface area contributed by atoms with Gasteiger partial charge in [0.2, 0.25) is 11.8 Å². The Kier molecular flexibility index (Phi) is 4.80. The second kappa shape index (κ2) is 6.58. The van der Waals surface area contributed by atoms with E-state index in [1.807, 2.05) is 0 Å². The number of carbonyl (C=O) groups is 3. The molecule has 21 heavy (non-hydrogen) atoms. The van der Waals surface area contributed by atoms with Gasteiger partial charge in [-0.3, -0.25) is 14.4 Å². The van der Waals surface area contributed by atoms with E-state index in [0.717, 1.165) is 5.56 Å². The lowest BCUT2D eigenvalue weighted by molar-refractivity contribution is -0.143. The van der Waals surface area contributed by atoms with Crippen LogP contribution in [0.1, 0.15) is 12.5 Å². The molecule has 1 aromatic rings. The van der Waals surface area contributed by atoms with Crippen molar-refractivity contribution in [1.29, 1.82) is 0 Å². The monoisotopic (exact) mass is 310 g/mol. The zero-order valence-electron chi connectivity index (χ0n) is 11.5. The Bertz CT molecular complexity index is 588. The molecule has 0 unspecified atom stereocenters. The standard InChI is InChI=1S/C14H15ClN2O4/c1-2-21-14(20)7-16-12(18)8-17-11-4-3-10(15)5-9(11)6-13(17)19/h3-5H,2,6-8H2,1H3,(H,16,18). The van der Waals surface area contributed by atoms with Crippen molar-refractivity contribution in [2.24, 2.45) is 0 Å². The lowest BCUT2D eigenvalue weighted by atomic mass is 10.2. The Morgan fingerprint density at radius 3 is 2.90 bits per heavy atom. The van der Waals surface area contributed by atoms with Crippen LogP contribution < -0.4 is 10.2 Å². The Morgan fingerprint density at radius 1 is 1.43 bits per heavy atom. The highest BCUT2D eigenvalue weighted by molar-refractivity contribution is 6.31. The predicted molar refractivity (Wildman–Crippen MR) is 77.2 cm³/mol. The molecule has 0 atom stereocenters. The molecule has 0 spiro atoms. The molecule has 1 heterocycles. The van der Waals surface area contributed by atoms with Crippen LogP contribution in [-0.2, 0) is 25.5 Å². The molecule has 2 amide bonds. The van der Waals surface area contributed by atoms with Crippen molar-refractivity contribution in [2.45, 2.75) is 13.3 Å². The highest BCUT2D eigenvalue weighted by Crippen LogP contribution is 2.30. The molecule has 0 fully saturated rings. The van der Waals surface area contributed by atoms with Gasteiger partial charge < -0.3 is 15.0 Å². The summed E-state index contributed by atoms with van der Waals surface area (Å²) in [6, 6.07) is 5.09. The molecule has 1 aliphatic rings. The average Bonchev–Trinajstić information content (AvgIpc) is 2.72. The summed E-state index contributed by atoms with van der Waals surface area (Å²) in [5, 5.41) is 2.97. The number of fused-ring (bicyclic) bond motifs is 1. The van der Waals surface area contributed by atoms with Crippen LogP contribution in [0.15, 0.2) is 18.2 Å². The van der Waals surface area contributed by atoms with E-state index in [-0.39, 0.29) is 32.0 Å². The molecule has 0 radical (unpaired) electrons. The van der Waals surface area contributed by atoms with Crippen molar-refractivity contribution < 1.29 is 19.1 Å². The van der Waals surface area contributed by atoms with Gasteiger partial charge in [-0.1, -0.05) is 11.6 Å². The summed E-state index contributed by atoms with van der Waals surface area (Å²) < 4.78 is 4.70. The molecular weight excluding hydrogens is 296 g/mol. The van der Waals surface area contributed by atoms with Crippen molar-refractivity contribution in [3.8, 4) is 0 Å². The van der Waals surface area contributed by atoms with E-state index in [0.29, 0.717) is 10.7 Å². The number of halogens is 1. The number of hydrogen-bond donors (Lipinski definition) is 1. The van der Waals surface area contributed by atoms with Crippen LogP contribution in [-0.4, -0.2) is 37.5 Å². The van der Waals surface area contributed by atoms with E-state index >= 15 is 0 Å². The highest BCUT2D eigenvalue weighted by atomic mass is 35.5. The van der Waals surface area contributed by atoms with Gasteiger partial charge in [-0.25, -0.2) is 0 Å². The molecule has 112 valence electrons. The van der Waals surface area contributed by atoms with Crippen molar-refractivity contribution >= 4 is 35.1 Å². The number of benzene rings is 1. The third-order valence-corrected chi connectivity index (χ3v) is 3.25. The fraction of sp³-hybridized carbons (Fsp3) is 0.357. The molecule has 0 bridgehead atoms. The number of nitrogens with one attached hydrogen (secondary N) is 1. The van der Waals surface area contributed by atoms with Gasteiger partial charge in [0.05, 0.1) is 13.0 Å². The highest BCUT2D eigenvalue weighted by Gasteiger charge is 2.28. The summed E-state index contributed by atoms with van der Waals surface area (Å²) in [6.07, 6.45) is 0.223. The van der Waals surface area contributed by atoms with E-state index in [1.165, 1.54) is 4.90 Å². The van der Waals surface area contributed by atoms with E-state index in [9.17, 15) is 14.4 Å². The first-order valence-corrected chi connectivity index (χ1v) is 6.90. The number of nitrogens with zero attached hydrogens (tertiary/aromatic N) is 1. The number of rotatable bonds is 5. The van der Waals surface area contributed by atoms with Gasteiger partial charge in [-0.15, -0.1) is 0 Å². The Morgan fingerprint density at radius 2 is 2.19 bits per heavy atom. The van der Waals surface area contributed by atoms with Crippen LogP contribution in [0.4, 0.5) is 5.69 Å². The van der Waals surface area contributed by atoms with Gasteiger partial charge in [0.1, 0.15) is 13.1 Å². The van der Waals surface area contributed by atoms with Crippen molar-refractivity contribution in [2.75, 3.05) is 24.6 Å². The van der Waals surface area contributed by atoms with Crippen LogP contribution in [0.2, 0.25) is 5.02 Å². The summed E-state index contributed by atoms with van der Waals surface area (Å²) in [5.41, 5.74) is 1.47. The van der Waals surface area contributed by atoms with Crippen molar-refractivity contribution in [1.82, 2.24) is 5.32 Å². The van der Waals surface area contributed by atoms with Crippen LogP contribution in [0, 0.1) is 0 Å². The molecule has 0 saturated heterocycles. The maximum Gasteiger partial charge on any atom is 0.325 e. The summed E-state index contributed by atoms with van der Waals surface area (Å²) in [5.74, 6) is -1.09. The Hall–Kier alpha value is -2.08. The van der Waals surface area contributed by atoms with Gasteiger partial charge >= 0.3 is 5.97 Å². The lowest BCUT2D eigenvalue weighted by Gasteiger charge is -2.16. The first-order chi connectivity index (χ1) is 10.0. The molecule has 0 aliphatic carbocycles. The second-order valence-electron chi connectivity index (χ2n) is 4.51. The van der Waals surface area contributed by atoms with Crippen LogP contribution in [0.3, 0.4) is 0 Å². The molecule has 1 N–H and O–H groups in total. The fourth-order valence-corrected chi connectivity index (χ4v) is 2.30. The second-order valence-corrected chi connectivity index (χ2v) is 4.95. The number of hydrogen-bond acceptors (Lipinski definition) is 4. The summed E-state index contributed by atoms with van der Waals surface area (Å²) >= 11 is 5.88. The molecule has 1 aliphatic heterocycles. The van der Waals surface area contributed by atoms with Gasteiger partial charge in [0, 0.05) is 10.7 Å². The van der Waals surface area contributed by atoms with Crippen LogP contribution >= 0.6 is 11.6 Å². The Labute approximate surface area is 127 Å². The number of carbonyl (C=O) groups excluding carboxylic acids is 3. The van der Waals surface area contributed by atoms with Gasteiger partial charge in [-0.2, -0.15) is 0 Å². The van der Waals surface area contributed by atoms with E-state index in [4.69, 9.17) is 16.3 Å². The molecule has 7 heteroatoms. The van der Waals surface area contributed by atoms with E-state index in [1.54, 1.807) is 25.1 Å². The molecule has 6 nitrogen and oxygen atoms in total. The van der Waals surface area contributed by atoms with Crippen LogP contribution in [0.5, 0.6) is 0 Å². The lowest BCUT2D eigenvalue weighted by Crippen LogP contribution is -2.41. The van der Waals surface area contributed by atoms with E-state index < -0.39 is 11.9 Å². The third-order valence-electron chi connectivity index (χ3n) is 3.01. The maximum absolute atomic E-state index is 11.9. The summed E-state index contributed by atoms with van der Waals surface area (Å²) in [6.45, 7) is 1.60. The quantitative estimate of drug-likeness (QED) is 0.820.